The highest BCUT2D eigenvalue weighted by Crippen LogP contribution is 2.27. The first-order valence-electron chi connectivity index (χ1n) is 7.15. The molecule has 0 bridgehead atoms. The molecule has 1 nitrogen and oxygen atoms in total. The summed E-state index contributed by atoms with van der Waals surface area (Å²) in [6.07, 6.45) is 5.17. The third-order valence-electron chi connectivity index (χ3n) is 3.51. The van der Waals surface area contributed by atoms with Crippen molar-refractivity contribution < 1.29 is 0 Å². The van der Waals surface area contributed by atoms with E-state index in [1.807, 2.05) is 13.0 Å². The molecule has 0 radical (unpaired) electrons. The Morgan fingerprint density at radius 2 is 1.94 bits per heavy atom. The summed E-state index contributed by atoms with van der Waals surface area (Å²) in [5, 5.41) is 3.63. The van der Waals surface area contributed by atoms with Gasteiger partial charge in [0.15, 0.2) is 0 Å². The van der Waals surface area contributed by atoms with Gasteiger partial charge in [-0.1, -0.05) is 51.3 Å². The van der Waals surface area contributed by atoms with Crippen molar-refractivity contribution in [2.24, 2.45) is 5.92 Å². The molecule has 1 aromatic rings. The predicted molar refractivity (Wildman–Crippen MR) is 82.5 cm³/mol. The maximum Gasteiger partial charge on any atom is 0.0577 e. The van der Waals surface area contributed by atoms with Gasteiger partial charge in [0.2, 0.25) is 0 Å². The van der Waals surface area contributed by atoms with Crippen molar-refractivity contribution in [1.29, 1.82) is 0 Å². The van der Waals surface area contributed by atoms with Gasteiger partial charge in [-0.05, 0) is 30.9 Å². The van der Waals surface area contributed by atoms with Crippen LogP contribution in [0.5, 0.6) is 0 Å². The topological polar surface area (TPSA) is 12.0 Å². The molecular formula is C16H26ClN. The molecule has 0 heterocycles. The average Bonchev–Trinajstić information content (AvgIpc) is 2.39. The van der Waals surface area contributed by atoms with Crippen LogP contribution in [0.15, 0.2) is 24.3 Å². The van der Waals surface area contributed by atoms with Crippen LogP contribution in [-0.4, -0.2) is 6.54 Å². The minimum absolute atomic E-state index is 0.0596. The van der Waals surface area contributed by atoms with E-state index in [1.54, 1.807) is 0 Å². The standard InChI is InChI=1S/C16H26ClN/c1-4-6-9-14(5-2)12-18-16-11-8-7-10-15(16)13(3)17/h7-8,10-11,13-14,18H,4-6,9,12H2,1-3H3. The number of hydrogen-bond acceptors (Lipinski definition) is 1. The molecule has 1 N–H and O–H groups in total. The lowest BCUT2D eigenvalue weighted by Gasteiger charge is -2.18. The number of anilines is 1. The van der Waals surface area contributed by atoms with Crippen LogP contribution in [-0.2, 0) is 0 Å². The smallest absolute Gasteiger partial charge is 0.0577 e. The summed E-state index contributed by atoms with van der Waals surface area (Å²) in [6, 6.07) is 8.35. The number of para-hydroxylation sites is 1. The molecular weight excluding hydrogens is 242 g/mol. The van der Waals surface area contributed by atoms with Crippen LogP contribution in [0.3, 0.4) is 0 Å². The zero-order valence-corrected chi connectivity index (χ0v) is 12.6. The molecule has 0 fully saturated rings. The van der Waals surface area contributed by atoms with Crippen LogP contribution in [0.1, 0.15) is 57.4 Å². The third kappa shape index (κ3) is 4.89. The van der Waals surface area contributed by atoms with Crippen LogP contribution in [0, 0.1) is 5.92 Å². The lowest BCUT2D eigenvalue weighted by atomic mass is 9.99. The molecule has 2 heteroatoms. The van der Waals surface area contributed by atoms with E-state index in [4.69, 9.17) is 11.6 Å². The van der Waals surface area contributed by atoms with E-state index >= 15 is 0 Å². The minimum atomic E-state index is 0.0596. The minimum Gasteiger partial charge on any atom is -0.385 e. The Hall–Kier alpha value is -0.690. The number of unbranched alkanes of at least 4 members (excludes halogenated alkanes) is 1. The fourth-order valence-electron chi connectivity index (χ4n) is 2.20. The van der Waals surface area contributed by atoms with Crippen molar-refractivity contribution in [3.63, 3.8) is 0 Å². The summed E-state index contributed by atoms with van der Waals surface area (Å²) in [6.45, 7) is 7.61. The Morgan fingerprint density at radius 1 is 1.22 bits per heavy atom. The number of benzene rings is 1. The van der Waals surface area contributed by atoms with E-state index in [2.05, 4.69) is 37.4 Å². The van der Waals surface area contributed by atoms with Crippen LogP contribution in [0.2, 0.25) is 0 Å². The van der Waals surface area contributed by atoms with Gasteiger partial charge in [0, 0.05) is 12.2 Å². The molecule has 0 aliphatic carbocycles. The van der Waals surface area contributed by atoms with Crippen molar-refractivity contribution in [2.45, 2.75) is 51.8 Å². The largest absolute Gasteiger partial charge is 0.385 e. The summed E-state index contributed by atoms with van der Waals surface area (Å²) in [5.74, 6) is 0.767. The van der Waals surface area contributed by atoms with E-state index < -0.39 is 0 Å². The molecule has 18 heavy (non-hydrogen) atoms. The second-order valence-electron chi connectivity index (χ2n) is 5.00. The molecule has 0 aliphatic rings. The van der Waals surface area contributed by atoms with E-state index in [-0.39, 0.29) is 5.38 Å². The number of alkyl halides is 1. The summed E-state index contributed by atoms with van der Waals surface area (Å²) in [5.41, 5.74) is 2.39. The zero-order valence-electron chi connectivity index (χ0n) is 11.9. The summed E-state index contributed by atoms with van der Waals surface area (Å²) in [7, 11) is 0. The maximum absolute atomic E-state index is 6.20. The van der Waals surface area contributed by atoms with Gasteiger partial charge in [-0.15, -0.1) is 11.6 Å². The van der Waals surface area contributed by atoms with Gasteiger partial charge in [-0.3, -0.25) is 0 Å². The van der Waals surface area contributed by atoms with Gasteiger partial charge in [-0.2, -0.15) is 0 Å². The molecule has 0 amide bonds. The van der Waals surface area contributed by atoms with Gasteiger partial charge in [0.25, 0.3) is 0 Å². The second kappa shape index (κ2) is 8.42. The molecule has 0 spiro atoms. The highest BCUT2D eigenvalue weighted by atomic mass is 35.5. The fraction of sp³-hybridized carbons (Fsp3) is 0.625. The number of nitrogens with one attached hydrogen (secondary N) is 1. The molecule has 102 valence electrons. The Bertz CT molecular complexity index is 336. The Morgan fingerprint density at radius 3 is 2.56 bits per heavy atom. The zero-order chi connectivity index (χ0) is 13.4. The molecule has 0 aromatic heterocycles. The molecule has 0 saturated carbocycles. The summed E-state index contributed by atoms with van der Waals surface area (Å²) < 4.78 is 0. The lowest BCUT2D eigenvalue weighted by Crippen LogP contribution is -2.14. The SMILES string of the molecule is CCCCC(CC)CNc1ccccc1C(C)Cl. The fourth-order valence-corrected chi connectivity index (χ4v) is 2.39. The molecule has 0 saturated heterocycles. The Labute approximate surface area is 117 Å². The van der Waals surface area contributed by atoms with Crippen molar-refractivity contribution in [2.75, 3.05) is 11.9 Å². The van der Waals surface area contributed by atoms with Crippen molar-refractivity contribution in [3.05, 3.63) is 29.8 Å². The van der Waals surface area contributed by atoms with Gasteiger partial charge in [0.05, 0.1) is 5.38 Å². The van der Waals surface area contributed by atoms with E-state index in [0.29, 0.717) is 0 Å². The summed E-state index contributed by atoms with van der Waals surface area (Å²) >= 11 is 6.20. The van der Waals surface area contributed by atoms with E-state index in [1.165, 1.54) is 36.9 Å². The van der Waals surface area contributed by atoms with Gasteiger partial charge in [0.1, 0.15) is 0 Å². The van der Waals surface area contributed by atoms with Crippen LogP contribution in [0.4, 0.5) is 5.69 Å². The predicted octanol–water partition coefficient (Wildman–Crippen LogP) is 5.61. The average molecular weight is 268 g/mol. The lowest BCUT2D eigenvalue weighted by molar-refractivity contribution is 0.472. The number of rotatable bonds is 8. The van der Waals surface area contributed by atoms with Gasteiger partial charge in [-0.25, -0.2) is 0 Å². The van der Waals surface area contributed by atoms with E-state index in [0.717, 1.165) is 12.5 Å². The summed E-state index contributed by atoms with van der Waals surface area (Å²) in [4.78, 5) is 0. The van der Waals surface area contributed by atoms with Gasteiger partial charge >= 0.3 is 0 Å². The van der Waals surface area contributed by atoms with Gasteiger partial charge < -0.3 is 5.32 Å². The molecule has 1 rings (SSSR count). The first-order valence-corrected chi connectivity index (χ1v) is 7.59. The second-order valence-corrected chi connectivity index (χ2v) is 5.66. The molecule has 2 atom stereocenters. The van der Waals surface area contributed by atoms with Crippen molar-refractivity contribution >= 4 is 17.3 Å². The quantitative estimate of drug-likeness (QED) is 0.603. The highest BCUT2D eigenvalue weighted by Gasteiger charge is 2.09. The van der Waals surface area contributed by atoms with Crippen LogP contribution in [0.25, 0.3) is 0 Å². The molecule has 0 aliphatic heterocycles. The molecule has 2 unspecified atom stereocenters. The first-order chi connectivity index (χ1) is 8.69. The normalized spacial score (nSPS) is 14.2. The number of hydrogen-bond donors (Lipinski definition) is 1. The van der Waals surface area contributed by atoms with Crippen molar-refractivity contribution in [1.82, 2.24) is 0 Å². The highest BCUT2D eigenvalue weighted by molar-refractivity contribution is 6.21. The third-order valence-corrected chi connectivity index (χ3v) is 3.75. The van der Waals surface area contributed by atoms with E-state index in [9.17, 15) is 0 Å². The van der Waals surface area contributed by atoms with Crippen molar-refractivity contribution in [3.8, 4) is 0 Å². The van der Waals surface area contributed by atoms with Crippen LogP contribution < -0.4 is 5.32 Å². The molecule has 1 aromatic carbocycles. The van der Waals surface area contributed by atoms with Crippen LogP contribution >= 0.6 is 11.6 Å². The first kappa shape index (κ1) is 15.4. The monoisotopic (exact) mass is 267 g/mol. The maximum atomic E-state index is 6.20. The number of halogens is 1. The Kier molecular flexibility index (Phi) is 7.19. The Balaban J connectivity index is 2.56.